The van der Waals surface area contributed by atoms with Crippen LogP contribution in [-0.4, -0.2) is 57.0 Å². The second-order valence-electron chi connectivity index (χ2n) is 4.42. The first-order chi connectivity index (χ1) is 8.59. The zero-order chi connectivity index (χ0) is 13.1. The van der Waals surface area contributed by atoms with E-state index in [2.05, 4.69) is 15.5 Å². The summed E-state index contributed by atoms with van der Waals surface area (Å²) in [6, 6.07) is 0. The molecule has 1 atom stereocenters. The first-order valence-electron chi connectivity index (χ1n) is 6.11. The van der Waals surface area contributed by atoms with E-state index in [1.807, 2.05) is 30.4 Å². The van der Waals surface area contributed by atoms with Crippen LogP contribution in [0.15, 0.2) is 5.16 Å². The predicted molar refractivity (Wildman–Crippen MR) is 70.5 cm³/mol. The number of nitrogens with one attached hydrogen (secondary N) is 1. The number of piperazine rings is 1. The van der Waals surface area contributed by atoms with E-state index in [0.717, 1.165) is 37.2 Å². The summed E-state index contributed by atoms with van der Waals surface area (Å²) in [6.07, 6.45) is 0. The molecule has 1 aromatic rings. The highest BCUT2D eigenvalue weighted by Crippen LogP contribution is 2.22. The number of thioether (sulfide) groups is 1. The number of carbonyl (C=O) groups is 1. The standard InChI is InChI=1S/C11H19N5OS/c1-8(10(17)16-6-4-12-5-7-16)18-11-14-13-9(2)15(11)3/h8,12H,4-7H2,1-3H3. The van der Waals surface area contributed by atoms with E-state index >= 15 is 0 Å². The van der Waals surface area contributed by atoms with E-state index in [0.29, 0.717) is 0 Å². The Morgan fingerprint density at radius 1 is 1.39 bits per heavy atom. The number of aryl methyl sites for hydroxylation is 1. The highest BCUT2D eigenvalue weighted by molar-refractivity contribution is 8.00. The summed E-state index contributed by atoms with van der Waals surface area (Å²) < 4.78 is 1.91. The van der Waals surface area contributed by atoms with Gasteiger partial charge in [-0.25, -0.2) is 0 Å². The van der Waals surface area contributed by atoms with Gasteiger partial charge in [0, 0.05) is 33.2 Å². The fourth-order valence-corrected chi connectivity index (χ4v) is 2.79. The highest BCUT2D eigenvalue weighted by Gasteiger charge is 2.24. The topological polar surface area (TPSA) is 63.1 Å². The van der Waals surface area contributed by atoms with E-state index in [1.165, 1.54) is 11.8 Å². The van der Waals surface area contributed by atoms with Crippen LogP contribution >= 0.6 is 11.8 Å². The largest absolute Gasteiger partial charge is 0.339 e. The van der Waals surface area contributed by atoms with Crippen LogP contribution in [0.1, 0.15) is 12.7 Å². The summed E-state index contributed by atoms with van der Waals surface area (Å²) >= 11 is 1.47. The third kappa shape index (κ3) is 2.84. The zero-order valence-electron chi connectivity index (χ0n) is 11.0. The molecule has 18 heavy (non-hydrogen) atoms. The van der Waals surface area contributed by atoms with Crippen molar-refractivity contribution in [3.05, 3.63) is 5.82 Å². The van der Waals surface area contributed by atoms with Gasteiger partial charge in [-0.2, -0.15) is 0 Å². The first kappa shape index (κ1) is 13.4. The normalized spacial score (nSPS) is 17.8. The number of aromatic nitrogens is 3. The molecule has 6 nitrogen and oxygen atoms in total. The van der Waals surface area contributed by atoms with Gasteiger partial charge in [0.15, 0.2) is 5.16 Å². The van der Waals surface area contributed by atoms with Crippen LogP contribution in [-0.2, 0) is 11.8 Å². The van der Waals surface area contributed by atoms with Crippen molar-refractivity contribution in [2.75, 3.05) is 26.2 Å². The molecule has 1 unspecified atom stereocenters. The number of amides is 1. The molecule has 2 rings (SSSR count). The van der Waals surface area contributed by atoms with Gasteiger partial charge in [-0.15, -0.1) is 10.2 Å². The SMILES string of the molecule is Cc1nnc(SC(C)C(=O)N2CCNCC2)n1C. The molecule has 100 valence electrons. The van der Waals surface area contributed by atoms with Crippen molar-refractivity contribution in [3.8, 4) is 0 Å². The van der Waals surface area contributed by atoms with Gasteiger partial charge >= 0.3 is 0 Å². The second kappa shape index (κ2) is 5.71. The molecule has 1 saturated heterocycles. The van der Waals surface area contributed by atoms with Gasteiger partial charge in [-0.05, 0) is 13.8 Å². The molecule has 0 aromatic carbocycles. The lowest BCUT2D eigenvalue weighted by Crippen LogP contribution is -2.48. The third-order valence-corrected chi connectivity index (χ3v) is 4.23. The Hall–Kier alpha value is -1.08. The molecule has 0 spiro atoms. The maximum atomic E-state index is 12.2. The van der Waals surface area contributed by atoms with Crippen LogP contribution in [0.25, 0.3) is 0 Å². The number of carbonyl (C=O) groups excluding carboxylic acids is 1. The molecule has 0 saturated carbocycles. The molecular weight excluding hydrogens is 250 g/mol. The number of nitrogens with zero attached hydrogens (tertiary/aromatic N) is 4. The lowest BCUT2D eigenvalue weighted by Gasteiger charge is -2.29. The Labute approximate surface area is 111 Å². The quantitative estimate of drug-likeness (QED) is 0.785. The second-order valence-corrected chi connectivity index (χ2v) is 5.73. The van der Waals surface area contributed by atoms with Crippen molar-refractivity contribution in [1.29, 1.82) is 0 Å². The van der Waals surface area contributed by atoms with Crippen LogP contribution in [0.5, 0.6) is 0 Å². The molecule has 1 aliphatic rings. The van der Waals surface area contributed by atoms with Crippen LogP contribution in [0.4, 0.5) is 0 Å². The summed E-state index contributed by atoms with van der Waals surface area (Å²) in [5.41, 5.74) is 0. The maximum absolute atomic E-state index is 12.2. The first-order valence-corrected chi connectivity index (χ1v) is 6.99. The Bertz CT molecular complexity index is 427. The van der Waals surface area contributed by atoms with Crippen LogP contribution in [0.3, 0.4) is 0 Å². The van der Waals surface area contributed by atoms with Crippen LogP contribution in [0.2, 0.25) is 0 Å². The minimum absolute atomic E-state index is 0.120. The Kier molecular flexibility index (Phi) is 4.23. The van der Waals surface area contributed by atoms with Gasteiger partial charge < -0.3 is 14.8 Å². The molecule has 7 heteroatoms. The Morgan fingerprint density at radius 3 is 2.61 bits per heavy atom. The van der Waals surface area contributed by atoms with Gasteiger partial charge in [-0.3, -0.25) is 4.79 Å². The molecule has 0 aliphatic carbocycles. The van der Waals surface area contributed by atoms with E-state index in [9.17, 15) is 4.79 Å². The number of hydrogen-bond donors (Lipinski definition) is 1. The third-order valence-electron chi connectivity index (χ3n) is 3.11. The molecule has 1 aliphatic heterocycles. The maximum Gasteiger partial charge on any atom is 0.235 e. The predicted octanol–water partition coefficient (Wildman–Crippen LogP) is 0.0359. The minimum atomic E-state index is -0.120. The van der Waals surface area contributed by atoms with Crippen LogP contribution < -0.4 is 5.32 Å². The van der Waals surface area contributed by atoms with Crippen molar-refractivity contribution in [2.45, 2.75) is 24.3 Å². The molecule has 1 fully saturated rings. The Morgan fingerprint density at radius 2 is 2.06 bits per heavy atom. The van der Waals surface area contributed by atoms with Gasteiger partial charge in [0.1, 0.15) is 5.82 Å². The van der Waals surface area contributed by atoms with Gasteiger partial charge in [0.25, 0.3) is 0 Å². The van der Waals surface area contributed by atoms with Crippen molar-refractivity contribution in [2.24, 2.45) is 7.05 Å². The molecule has 1 N–H and O–H groups in total. The lowest BCUT2D eigenvalue weighted by molar-refractivity contribution is -0.130. The lowest BCUT2D eigenvalue weighted by atomic mass is 10.3. The van der Waals surface area contributed by atoms with Crippen molar-refractivity contribution in [3.63, 3.8) is 0 Å². The summed E-state index contributed by atoms with van der Waals surface area (Å²) in [4.78, 5) is 14.2. The van der Waals surface area contributed by atoms with E-state index in [4.69, 9.17) is 0 Å². The fourth-order valence-electron chi connectivity index (χ4n) is 1.84. The smallest absolute Gasteiger partial charge is 0.235 e. The summed E-state index contributed by atoms with van der Waals surface area (Å²) in [5, 5.41) is 12.0. The molecule has 0 bridgehead atoms. The monoisotopic (exact) mass is 269 g/mol. The highest BCUT2D eigenvalue weighted by atomic mass is 32.2. The van der Waals surface area contributed by atoms with Crippen molar-refractivity contribution >= 4 is 17.7 Å². The van der Waals surface area contributed by atoms with E-state index in [-0.39, 0.29) is 11.2 Å². The summed E-state index contributed by atoms with van der Waals surface area (Å²) in [7, 11) is 1.92. The summed E-state index contributed by atoms with van der Waals surface area (Å²) in [6.45, 7) is 7.18. The van der Waals surface area contributed by atoms with Gasteiger partial charge in [0.2, 0.25) is 5.91 Å². The average Bonchev–Trinajstić information content (AvgIpc) is 2.71. The minimum Gasteiger partial charge on any atom is -0.339 e. The van der Waals surface area contributed by atoms with Gasteiger partial charge in [0.05, 0.1) is 5.25 Å². The molecule has 1 aromatic heterocycles. The average molecular weight is 269 g/mol. The Balaban J connectivity index is 1.96. The molecule has 1 amide bonds. The van der Waals surface area contributed by atoms with Crippen LogP contribution in [0, 0.1) is 6.92 Å². The molecule has 2 heterocycles. The molecular formula is C11H19N5OS. The van der Waals surface area contributed by atoms with Gasteiger partial charge in [-0.1, -0.05) is 11.8 Å². The fraction of sp³-hybridized carbons (Fsp3) is 0.727. The number of hydrogen-bond acceptors (Lipinski definition) is 5. The van der Waals surface area contributed by atoms with E-state index < -0.39 is 0 Å². The zero-order valence-corrected chi connectivity index (χ0v) is 11.8. The molecule has 0 radical (unpaired) electrons. The number of rotatable bonds is 3. The van der Waals surface area contributed by atoms with Crippen molar-refractivity contribution < 1.29 is 4.79 Å². The van der Waals surface area contributed by atoms with E-state index in [1.54, 1.807) is 0 Å². The summed E-state index contributed by atoms with van der Waals surface area (Å²) in [5.74, 6) is 1.04. The van der Waals surface area contributed by atoms with Crippen molar-refractivity contribution in [1.82, 2.24) is 25.0 Å².